The van der Waals surface area contributed by atoms with Gasteiger partial charge in [-0.3, -0.25) is 5.32 Å². The Kier molecular flexibility index (Phi) is 6.32. The van der Waals surface area contributed by atoms with Crippen LogP contribution in [0.4, 0.5) is 14.9 Å². The molecule has 0 bridgehead atoms. The number of carboxylic acids is 1. The van der Waals surface area contributed by atoms with Crippen molar-refractivity contribution in [1.29, 1.82) is 0 Å². The number of carbonyl (C=O) groups is 2. The summed E-state index contributed by atoms with van der Waals surface area (Å²) in [5.41, 5.74) is 1.84. The van der Waals surface area contributed by atoms with Crippen molar-refractivity contribution in [2.45, 2.75) is 19.4 Å². The molecule has 2 aromatic carbocycles. The number of phenolic OH excluding ortho intramolecular Hbond substituents is 1. The van der Waals surface area contributed by atoms with Gasteiger partial charge in [0.05, 0.1) is 0 Å². The number of phenols is 1. The molecule has 0 unspecified atom stereocenters. The molecule has 0 aliphatic heterocycles. The van der Waals surface area contributed by atoms with Gasteiger partial charge < -0.3 is 14.9 Å². The van der Waals surface area contributed by atoms with Gasteiger partial charge in [-0.25, -0.2) is 14.0 Å². The highest BCUT2D eigenvalue weighted by Gasteiger charge is 2.18. The highest BCUT2D eigenvalue weighted by atomic mass is 19.1. The van der Waals surface area contributed by atoms with E-state index in [-0.39, 0.29) is 12.0 Å². The summed E-state index contributed by atoms with van der Waals surface area (Å²) in [6.07, 6.45) is 0.543. The Morgan fingerprint density at radius 1 is 1.23 bits per heavy atom. The zero-order valence-corrected chi connectivity index (χ0v) is 14.0. The molecule has 0 aliphatic rings. The second-order valence-corrected chi connectivity index (χ2v) is 5.57. The van der Waals surface area contributed by atoms with Crippen molar-refractivity contribution in [2.75, 3.05) is 5.32 Å². The Bertz CT molecular complexity index is 817. The molecule has 2 rings (SSSR count). The molecular weight excluding hydrogens is 341 g/mol. The lowest BCUT2D eigenvalue weighted by Crippen LogP contribution is -2.17. The zero-order valence-electron chi connectivity index (χ0n) is 14.0. The number of carboxylic acid groups (broad SMARTS) is 1. The maximum Gasteiger partial charge on any atom is 0.412 e. The van der Waals surface area contributed by atoms with Gasteiger partial charge in [-0.05, 0) is 36.8 Å². The first-order chi connectivity index (χ1) is 12.3. The summed E-state index contributed by atoms with van der Waals surface area (Å²) in [5, 5.41) is 20.5. The van der Waals surface area contributed by atoms with Gasteiger partial charge in [0.2, 0.25) is 0 Å². The third-order valence-corrected chi connectivity index (χ3v) is 3.50. The second kappa shape index (κ2) is 8.66. The summed E-state index contributed by atoms with van der Waals surface area (Å²) < 4.78 is 18.9. The van der Waals surface area contributed by atoms with Gasteiger partial charge in [-0.1, -0.05) is 29.8 Å². The van der Waals surface area contributed by atoms with E-state index in [1.165, 1.54) is 12.1 Å². The maximum atomic E-state index is 13.6. The van der Waals surface area contributed by atoms with Crippen LogP contribution in [-0.2, 0) is 9.53 Å². The number of hydrogen-bond acceptors (Lipinski definition) is 4. The van der Waals surface area contributed by atoms with Crippen LogP contribution >= 0.6 is 0 Å². The fourth-order valence-electron chi connectivity index (χ4n) is 2.18. The van der Waals surface area contributed by atoms with Crippen LogP contribution in [0.3, 0.4) is 0 Å². The van der Waals surface area contributed by atoms with E-state index in [9.17, 15) is 19.1 Å². The van der Waals surface area contributed by atoms with E-state index in [1.807, 2.05) is 19.1 Å². The van der Waals surface area contributed by atoms with Crippen LogP contribution in [0.1, 0.15) is 23.7 Å². The summed E-state index contributed by atoms with van der Waals surface area (Å²) in [5.74, 6) is -2.54. The molecule has 0 aliphatic carbocycles. The molecule has 26 heavy (non-hydrogen) atoms. The number of rotatable bonds is 6. The smallest absolute Gasteiger partial charge is 0.412 e. The number of aromatic hydroxyl groups is 1. The standard InChI is InChI=1S/C19H18FNO5/c1-12-5-8-14(9-6-12)21-19(25)26-17(3-2-4-18(23)24)13-7-10-16(22)15(20)11-13/h2,4-11,17,22H,3H2,1H3,(H,21,25)(H,23,24)/b4-2+/t17-/m1/s1. The first-order valence-corrected chi connectivity index (χ1v) is 7.77. The maximum absolute atomic E-state index is 13.6. The second-order valence-electron chi connectivity index (χ2n) is 5.57. The van der Waals surface area contributed by atoms with E-state index >= 15 is 0 Å². The van der Waals surface area contributed by atoms with Crippen LogP contribution in [0.25, 0.3) is 0 Å². The lowest BCUT2D eigenvalue weighted by Gasteiger charge is -2.17. The number of aryl methyl sites for hydroxylation is 1. The highest BCUT2D eigenvalue weighted by Crippen LogP contribution is 2.26. The first-order valence-electron chi connectivity index (χ1n) is 7.77. The molecule has 0 heterocycles. The number of aliphatic carboxylic acids is 1. The van der Waals surface area contributed by atoms with Gasteiger partial charge in [0.25, 0.3) is 0 Å². The van der Waals surface area contributed by atoms with E-state index in [0.717, 1.165) is 23.8 Å². The molecule has 0 radical (unpaired) electrons. The summed E-state index contributed by atoms with van der Waals surface area (Å²) in [6, 6.07) is 10.6. The zero-order chi connectivity index (χ0) is 19.1. The van der Waals surface area contributed by atoms with Gasteiger partial charge in [0.1, 0.15) is 6.10 Å². The molecule has 0 saturated carbocycles. The molecule has 0 saturated heterocycles. The van der Waals surface area contributed by atoms with Gasteiger partial charge in [-0.15, -0.1) is 0 Å². The van der Waals surface area contributed by atoms with E-state index in [0.29, 0.717) is 5.69 Å². The van der Waals surface area contributed by atoms with Crippen LogP contribution in [0.2, 0.25) is 0 Å². The molecule has 136 valence electrons. The average Bonchev–Trinajstić information content (AvgIpc) is 2.58. The largest absolute Gasteiger partial charge is 0.505 e. The number of ether oxygens (including phenoxy) is 1. The molecule has 1 atom stereocenters. The van der Waals surface area contributed by atoms with Crippen molar-refractivity contribution < 1.29 is 28.9 Å². The van der Waals surface area contributed by atoms with E-state index < -0.39 is 29.7 Å². The Hall–Kier alpha value is -3.35. The minimum Gasteiger partial charge on any atom is -0.505 e. The number of carbonyl (C=O) groups excluding carboxylic acids is 1. The Labute approximate surface area is 149 Å². The first kappa shape index (κ1) is 19.0. The molecular formula is C19H18FNO5. The van der Waals surface area contributed by atoms with Crippen molar-refractivity contribution >= 4 is 17.7 Å². The van der Waals surface area contributed by atoms with E-state index in [2.05, 4.69) is 5.32 Å². The van der Waals surface area contributed by atoms with Crippen molar-refractivity contribution in [3.8, 4) is 5.75 Å². The Morgan fingerprint density at radius 2 is 1.92 bits per heavy atom. The van der Waals surface area contributed by atoms with Gasteiger partial charge >= 0.3 is 12.1 Å². The normalized spacial score (nSPS) is 11.9. The summed E-state index contributed by atoms with van der Waals surface area (Å²) in [4.78, 5) is 22.7. The predicted molar refractivity (Wildman–Crippen MR) is 93.5 cm³/mol. The molecule has 6 nitrogen and oxygen atoms in total. The molecule has 0 spiro atoms. The van der Waals surface area contributed by atoms with Crippen molar-refractivity contribution in [3.63, 3.8) is 0 Å². The SMILES string of the molecule is Cc1ccc(NC(=O)O[C@H](C/C=C/C(=O)O)c2ccc(O)c(F)c2)cc1. The van der Waals surface area contributed by atoms with E-state index in [1.54, 1.807) is 12.1 Å². The van der Waals surface area contributed by atoms with Crippen LogP contribution in [0.15, 0.2) is 54.6 Å². The van der Waals surface area contributed by atoms with Crippen molar-refractivity contribution in [2.24, 2.45) is 0 Å². The number of hydrogen-bond donors (Lipinski definition) is 3. The molecule has 0 fully saturated rings. The summed E-state index contributed by atoms with van der Waals surface area (Å²) >= 11 is 0. The monoisotopic (exact) mass is 359 g/mol. The van der Waals surface area contributed by atoms with Crippen molar-refractivity contribution in [3.05, 3.63) is 71.6 Å². The number of benzene rings is 2. The number of amides is 1. The predicted octanol–water partition coefficient (Wildman–Crippen LogP) is 4.16. The van der Waals surface area contributed by atoms with Gasteiger partial charge in [0, 0.05) is 18.2 Å². The van der Waals surface area contributed by atoms with E-state index in [4.69, 9.17) is 9.84 Å². The van der Waals surface area contributed by atoms with Gasteiger partial charge in [-0.2, -0.15) is 0 Å². The lowest BCUT2D eigenvalue weighted by atomic mass is 10.1. The molecule has 3 N–H and O–H groups in total. The van der Waals surface area contributed by atoms with Crippen LogP contribution < -0.4 is 5.32 Å². The van der Waals surface area contributed by atoms with Crippen LogP contribution in [-0.4, -0.2) is 22.3 Å². The lowest BCUT2D eigenvalue weighted by molar-refractivity contribution is -0.131. The molecule has 2 aromatic rings. The average molecular weight is 359 g/mol. The number of halogens is 1. The Morgan fingerprint density at radius 3 is 2.54 bits per heavy atom. The highest BCUT2D eigenvalue weighted by molar-refractivity contribution is 5.84. The number of nitrogens with one attached hydrogen (secondary N) is 1. The molecule has 7 heteroatoms. The van der Waals surface area contributed by atoms with Gasteiger partial charge in [0.15, 0.2) is 11.6 Å². The third-order valence-electron chi connectivity index (χ3n) is 3.50. The fourth-order valence-corrected chi connectivity index (χ4v) is 2.18. The Balaban J connectivity index is 2.14. The minimum absolute atomic E-state index is 0.0256. The summed E-state index contributed by atoms with van der Waals surface area (Å²) in [6.45, 7) is 1.91. The number of anilines is 1. The fraction of sp³-hybridized carbons (Fsp3) is 0.158. The molecule has 0 aromatic heterocycles. The third kappa shape index (κ3) is 5.62. The topological polar surface area (TPSA) is 95.9 Å². The van der Waals surface area contributed by atoms with Crippen LogP contribution in [0.5, 0.6) is 5.75 Å². The van der Waals surface area contributed by atoms with Crippen molar-refractivity contribution in [1.82, 2.24) is 0 Å². The minimum atomic E-state index is -1.15. The van der Waals surface area contributed by atoms with Crippen LogP contribution in [0, 0.1) is 12.7 Å². The molecule has 1 amide bonds. The quantitative estimate of drug-likeness (QED) is 0.673. The summed E-state index contributed by atoms with van der Waals surface area (Å²) in [7, 11) is 0.